The van der Waals surface area contributed by atoms with E-state index in [4.69, 9.17) is 22.7 Å². The molecule has 2 rings (SSSR count). The standard InChI is InChI=1S/C17H18N2O2S/c1-12-5-7-13(8-6-12)9-11-21-17(20)15(16(18)22)14-4-2-3-10-19-14/h2-8,10,15H,9,11H2,1H3,(H2,18,22). The van der Waals surface area contributed by atoms with Crippen LogP contribution in [-0.4, -0.2) is 22.5 Å². The molecule has 1 atom stereocenters. The lowest BCUT2D eigenvalue weighted by atomic mass is 10.1. The Labute approximate surface area is 135 Å². The van der Waals surface area contributed by atoms with Gasteiger partial charge in [0, 0.05) is 12.6 Å². The summed E-state index contributed by atoms with van der Waals surface area (Å²) < 4.78 is 5.31. The number of hydrogen-bond acceptors (Lipinski definition) is 4. The van der Waals surface area contributed by atoms with Gasteiger partial charge in [0.15, 0.2) is 0 Å². The molecule has 0 aliphatic rings. The Balaban J connectivity index is 1.94. The average molecular weight is 314 g/mol. The van der Waals surface area contributed by atoms with Crippen LogP contribution in [0.2, 0.25) is 0 Å². The number of ether oxygens (including phenoxy) is 1. The van der Waals surface area contributed by atoms with Crippen molar-refractivity contribution >= 4 is 23.2 Å². The van der Waals surface area contributed by atoms with Gasteiger partial charge in [-0.1, -0.05) is 48.1 Å². The predicted octanol–water partition coefficient (Wildman–Crippen LogP) is 2.55. The van der Waals surface area contributed by atoms with Crippen molar-refractivity contribution in [1.29, 1.82) is 0 Å². The van der Waals surface area contributed by atoms with Gasteiger partial charge in [-0.05, 0) is 24.6 Å². The third-order valence-electron chi connectivity index (χ3n) is 3.26. The second kappa shape index (κ2) is 7.66. The van der Waals surface area contributed by atoms with E-state index in [0.717, 1.165) is 5.56 Å². The minimum atomic E-state index is -0.797. The van der Waals surface area contributed by atoms with Gasteiger partial charge in [0.1, 0.15) is 5.92 Å². The van der Waals surface area contributed by atoms with Crippen molar-refractivity contribution in [2.75, 3.05) is 6.61 Å². The van der Waals surface area contributed by atoms with Crippen LogP contribution in [0.4, 0.5) is 0 Å². The Morgan fingerprint density at radius 1 is 1.27 bits per heavy atom. The maximum absolute atomic E-state index is 12.2. The lowest BCUT2D eigenvalue weighted by molar-refractivity contribution is -0.143. The van der Waals surface area contributed by atoms with Crippen LogP contribution in [0, 0.1) is 6.92 Å². The highest BCUT2D eigenvalue weighted by atomic mass is 32.1. The Hall–Kier alpha value is -2.27. The highest BCUT2D eigenvalue weighted by Crippen LogP contribution is 2.15. The average Bonchev–Trinajstić information content (AvgIpc) is 2.50. The summed E-state index contributed by atoms with van der Waals surface area (Å²) >= 11 is 4.97. The van der Waals surface area contributed by atoms with E-state index in [-0.39, 0.29) is 11.6 Å². The molecule has 0 aliphatic carbocycles. The van der Waals surface area contributed by atoms with Crippen molar-refractivity contribution in [2.45, 2.75) is 19.3 Å². The Morgan fingerprint density at radius 2 is 2.00 bits per heavy atom. The molecule has 2 aromatic rings. The zero-order chi connectivity index (χ0) is 15.9. The first-order chi connectivity index (χ1) is 10.6. The fourth-order valence-electron chi connectivity index (χ4n) is 2.04. The quantitative estimate of drug-likeness (QED) is 0.656. The van der Waals surface area contributed by atoms with Gasteiger partial charge in [0.25, 0.3) is 0 Å². The van der Waals surface area contributed by atoms with Crippen LogP contribution < -0.4 is 5.73 Å². The SMILES string of the molecule is Cc1ccc(CCOC(=O)C(C(N)=S)c2ccccn2)cc1. The summed E-state index contributed by atoms with van der Waals surface area (Å²) in [5.41, 5.74) is 8.48. The van der Waals surface area contributed by atoms with E-state index in [1.807, 2.05) is 31.2 Å². The van der Waals surface area contributed by atoms with Crippen molar-refractivity contribution in [3.8, 4) is 0 Å². The first-order valence-corrected chi connectivity index (χ1v) is 7.41. The molecule has 1 heterocycles. The molecule has 0 aliphatic heterocycles. The minimum absolute atomic E-state index is 0.0686. The maximum atomic E-state index is 12.2. The molecular weight excluding hydrogens is 296 g/mol. The molecule has 1 unspecified atom stereocenters. The van der Waals surface area contributed by atoms with Crippen LogP contribution in [0.3, 0.4) is 0 Å². The van der Waals surface area contributed by atoms with E-state index in [9.17, 15) is 4.79 Å². The number of esters is 1. The first kappa shape index (κ1) is 16.1. The molecule has 0 bridgehead atoms. The lowest BCUT2D eigenvalue weighted by Gasteiger charge is -2.14. The van der Waals surface area contributed by atoms with Gasteiger partial charge in [-0.25, -0.2) is 0 Å². The summed E-state index contributed by atoms with van der Waals surface area (Å²) in [4.78, 5) is 16.4. The normalized spacial score (nSPS) is 11.7. The number of pyridine rings is 1. The number of rotatable bonds is 6. The zero-order valence-electron chi connectivity index (χ0n) is 12.4. The van der Waals surface area contributed by atoms with Gasteiger partial charge < -0.3 is 10.5 Å². The maximum Gasteiger partial charge on any atom is 0.322 e. The predicted molar refractivity (Wildman–Crippen MR) is 89.6 cm³/mol. The fraction of sp³-hybridized carbons (Fsp3) is 0.235. The molecule has 1 aromatic heterocycles. The molecule has 1 aromatic carbocycles. The number of carbonyl (C=O) groups is 1. The molecule has 4 nitrogen and oxygen atoms in total. The van der Waals surface area contributed by atoms with Gasteiger partial charge in [0.05, 0.1) is 17.3 Å². The molecule has 22 heavy (non-hydrogen) atoms. The number of nitrogens with zero attached hydrogens (tertiary/aromatic N) is 1. The number of carbonyl (C=O) groups excluding carboxylic acids is 1. The van der Waals surface area contributed by atoms with Crippen molar-refractivity contribution in [3.05, 3.63) is 65.5 Å². The van der Waals surface area contributed by atoms with Crippen LogP contribution >= 0.6 is 12.2 Å². The van der Waals surface area contributed by atoms with Gasteiger partial charge >= 0.3 is 5.97 Å². The third-order valence-corrected chi connectivity index (χ3v) is 3.50. The van der Waals surface area contributed by atoms with E-state index >= 15 is 0 Å². The van der Waals surface area contributed by atoms with Crippen molar-refractivity contribution in [2.24, 2.45) is 5.73 Å². The Kier molecular flexibility index (Phi) is 5.61. The third kappa shape index (κ3) is 4.36. The van der Waals surface area contributed by atoms with E-state index < -0.39 is 11.9 Å². The van der Waals surface area contributed by atoms with Crippen LogP contribution in [-0.2, 0) is 16.0 Å². The molecule has 0 amide bonds. The largest absolute Gasteiger partial charge is 0.465 e. The number of thiocarbonyl (C=S) groups is 1. The van der Waals surface area contributed by atoms with Gasteiger partial charge in [-0.3, -0.25) is 9.78 Å². The van der Waals surface area contributed by atoms with E-state index in [1.54, 1.807) is 24.4 Å². The van der Waals surface area contributed by atoms with E-state index in [0.29, 0.717) is 12.1 Å². The van der Waals surface area contributed by atoms with Crippen LogP contribution in [0.15, 0.2) is 48.7 Å². The monoisotopic (exact) mass is 314 g/mol. The Morgan fingerprint density at radius 3 is 2.59 bits per heavy atom. The molecule has 0 saturated carbocycles. The molecular formula is C17H18N2O2S. The minimum Gasteiger partial charge on any atom is -0.465 e. The zero-order valence-corrected chi connectivity index (χ0v) is 13.2. The summed E-state index contributed by atoms with van der Waals surface area (Å²) in [5, 5.41) is 0. The van der Waals surface area contributed by atoms with Gasteiger partial charge in [-0.15, -0.1) is 0 Å². The van der Waals surface area contributed by atoms with Crippen LogP contribution in [0.1, 0.15) is 22.7 Å². The first-order valence-electron chi connectivity index (χ1n) is 7.00. The summed E-state index contributed by atoms with van der Waals surface area (Å²) in [7, 11) is 0. The molecule has 0 fully saturated rings. The molecule has 5 heteroatoms. The van der Waals surface area contributed by atoms with E-state index in [2.05, 4.69) is 4.98 Å². The topological polar surface area (TPSA) is 65.2 Å². The summed E-state index contributed by atoms with van der Waals surface area (Å²) in [6.45, 7) is 2.32. The van der Waals surface area contributed by atoms with Gasteiger partial charge in [-0.2, -0.15) is 0 Å². The van der Waals surface area contributed by atoms with Crippen LogP contribution in [0.5, 0.6) is 0 Å². The lowest BCUT2D eigenvalue weighted by Crippen LogP contribution is -2.29. The molecule has 2 N–H and O–H groups in total. The summed E-state index contributed by atoms with van der Waals surface area (Å²) in [5.74, 6) is -1.26. The summed E-state index contributed by atoms with van der Waals surface area (Å²) in [6, 6.07) is 13.4. The highest BCUT2D eigenvalue weighted by molar-refractivity contribution is 7.80. The second-order valence-electron chi connectivity index (χ2n) is 4.99. The molecule has 0 radical (unpaired) electrons. The van der Waals surface area contributed by atoms with Gasteiger partial charge in [0.2, 0.25) is 0 Å². The Bertz CT molecular complexity index is 641. The van der Waals surface area contributed by atoms with E-state index in [1.165, 1.54) is 5.56 Å². The number of benzene rings is 1. The molecule has 0 spiro atoms. The number of aryl methyl sites for hydroxylation is 1. The smallest absolute Gasteiger partial charge is 0.322 e. The fourth-order valence-corrected chi connectivity index (χ4v) is 2.25. The number of aromatic nitrogens is 1. The van der Waals surface area contributed by atoms with Crippen LogP contribution in [0.25, 0.3) is 0 Å². The van der Waals surface area contributed by atoms with Crippen molar-refractivity contribution in [1.82, 2.24) is 4.98 Å². The van der Waals surface area contributed by atoms with Crippen molar-refractivity contribution in [3.63, 3.8) is 0 Å². The summed E-state index contributed by atoms with van der Waals surface area (Å²) in [6.07, 6.45) is 2.25. The number of hydrogen-bond donors (Lipinski definition) is 1. The second-order valence-corrected chi connectivity index (χ2v) is 5.46. The number of nitrogens with two attached hydrogens (primary N) is 1. The van der Waals surface area contributed by atoms with Crippen molar-refractivity contribution < 1.29 is 9.53 Å². The molecule has 114 valence electrons. The molecule has 0 saturated heterocycles. The highest BCUT2D eigenvalue weighted by Gasteiger charge is 2.26.